The van der Waals surface area contributed by atoms with Gasteiger partial charge in [-0.1, -0.05) is 42.5 Å². The molecule has 2 aromatic rings. The Morgan fingerprint density at radius 3 is 2.50 bits per heavy atom. The number of hydrogen-bond acceptors (Lipinski definition) is 4. The fraction of sp³-hybridized carbons (Fsp3) is 0.190. The third-order valence-electron chi connectivity index (χ3n) is 4.27. The first-order chi connectivity index (χ1) is 12.7. The Kier molecular flexibility index (Phi) is 5.59. The maximum Gasteiger partial charge on any atom is 0.307 e. The van der Waals surface area contributed by atoms with Crippen molar-refractivity contribution in [3.63, 3.8) is 0 Å². The summed E-state index contributed by atoms with van der Waals surface area (Å²) in [5, 5.41) is 17.8. The highest BCUT2D eigenvalue weighted by Crippen LogP contribution is 2.31. The van der Waals surface area contributed by atoms with Crippen LogP contribution in [0.4, 0.5) is 0 Å². The van der Waals surface area contributed by atoms with E-state index in [1.807, 2.05) is 60.7 Å². The summed E-state index contributed by atoms with van der Waals surface area (Å²) in [6.45, 7) is 0. The van der Waals surface area contributed by atoms with Gasteiger partial charge < -0.3 is 9.84 Å². The molecule has 0 saturated carbocycles. The second kappa shape index (κ2) is 8.25. The molecule has 5 nitrogen and oxygen atoms in total. The number of allylic oxidation sites excluding steroid dienone is 2. The number of benzene rings is 2. The number of ether oxygens (including phenoxy) is 1. The van der Waals surface area contributed by atoms with Gasteiger partial charge in [-0.05, 0) is 41.3 Å². The van der Waals surface area contributed by atoms with Crippen molar-refractivity contribution in [3.8, 4) is 5.75 Å². The SMILES string of the molecule is COc1ccc(C2=C/C(=N/N=C/c3ccccc3)CC(C(=O)O)C2)cc1. The van der Waals surface area contributed by atoms with E-state index in [1.54, 1.807) is 13.3 Å². The highest BCUT2D eigenvalue weighted by atomic mass is 16.5. The molecule has 0 spiro atoms. The molecule has 5 heteroatoms. The molecule has 0 aliphatic heterocycles. The van der Waals surface area contributed by atoms with Gasteiger partial charge in [-0.15, -0.1) is 0 Å². The van der Waals surface area contributed by atoms with E-state index in [1.165, 1.54) is 0 Å². The van der Waals surface area contributed by atoms with Crippen LogP contribution in [0, 0.1) is 5.92 Å². The fourth-order valence-electron chi connectivity index (χ4n) is 2.87. The number of carboxylic acids is 1. The largest absolute Gasteiger partial charge is 0.497 e. The van der Waals surface area contributed by atoms with Crippen LogP contribution in [-0.2, 0) is 4.79 Å². The molecule has 132 valence electrons. The van der Waals surface area contributed by atoms with E-state index in [4.69, 9.17) is 4.74 Å². The second-order valence-electron chi connectivity index (χ2n) is 6.09. The van der Waals surface area contributed by atoms with Gasteiger partial charge in [0.25, 0.3) is 0 Å². The predicted molar refractivity (Wildman–Crippen MR) is 103 cm³/mol. The molecule has 1 aliphatic carbocycles. The summed E-state index contributed by atoms with van der Waals surface area (Å²) in [6, 6.07) is 17.3. The van der Waals surface area contributed by atoms with E-state index in [-0.39, 0.29) is 0 Å². The molecule has 0 aromatic heterocycles. The number of hydrogen-bond donors (Lipinski definition) is 1. The van der Waals surface area contributed by atoms with Gasteiger partial charge in [-0.25, -0.2) is 0 Å². The molecule has 0 heterocycles. The number of carbonyl (C=O) groups is 1. The molecular weight excluding hydrogens is 328 g/mol. The van der Waals surface area contributed by atoms with Crippen LogP contribution in [-0.4, -0.2) is 30.1 Å². The topological polar surface area (TPSA) is 71.2 Å². The van der Waals surface area contributed by atoms with Crippen LogP contribution in [0.5, 0.6) is 5.75 Å². The van der Waals surface area contributed by atoms with E-state index in [0.29, 0.717) is 18.6 Å². The van der Waals surface area contributed by atoms with Crippen molar-refractivity contribution in [2.75, 3.05) is 7.11 Å². The minimum Gasteiger partial charge on any atom is -0.497 e. The minimum absolute atomic E-state index is 0.376. The maximum atomic E-state index is 11.5. The van der Waals surface area contributed by atoms with Crippen LogP contribution in [0.2, 0.25) is 0 Å². The molecule has 0 bridgehead atoms. The molecule has 2 aromatic carbocycles. The van der Waals surface area contributed by atoms with Gasteiger partial charge in [0.05, 0.1) is 25.0 Å². The Morgan fingerprint density at radius 1 is 1.12 bits per heavy atom. The van der Waals surface area contributed by atoms with E-state index >= 15 is 0 Å². The predicted octanol–water partition coefficient (Wildman–Crippen LogP) is 4.05. The molecule has 1 N–H and O–H groups in total. The number of rotatable bonds is 5. The molecular formula is C21H20N2O3. The molecule has 3 rings (SSSR count). The third kappa shape index (κ3) is 4.45. The molecule has 0 radical (unpaired) electrons. The number of nitrogens with zero attached hydrogens (tertiary/aromatic N) is 2. The first-order valence-corrected chi connectivity index (χ1v) is 8.38. The zero-order chi connectivity index (χ0) is 18.4. The zero-order valence-corrected chi connectivity index (χ0v) is 14.5. The normalized spacial score (nSPS) is 18.7. The van der Waals surface area contributed by atoms with Crippen molar-refractivity contribution in [2.45, 2.75) is 12.8 Å². The van der Waals surface area contributed by atoms with Gasteiger partial charge in [0, 0.05) is 6.42 Å². The highest BCUT2D eigenvalue weighted by molar-refractivity contribution is 6.05. The Morgan fingerprint density at radius 2 is 1.85 bits per heavy atom. The Hall–Kier alpha value is -3.21. The lowest BCUT2D eigenvalue weighted by atomic mass is 9.84. The number of aliphatic carboxylic acids is 1. The van der Waals surface area contributed by atoms with Crippen molar-refractivity contribution in [3.05, 3.63) is 71.8 Å². The van der Waals surface area contributed by atoms with Crippen molar-refractivity contribution >= 4 is 23.5 Å². The molecule has 1 atom stereocenters. The second-order valence-corrected chi connectivity index (χ2v) is 6.09. The van der Waals surface area contributed by atoms with Gasteiger partial charge in [0.1, 0.15) is 5.75 Å². The summed E-state index contributed by atoms with van der Waals surface area (Å²) < 4.78 is 5.18. The maximum absolute atomic E-state index is 11.5. The molecule has 0 fully saturated rings. The van der Waals surface area contributed by atoms with Crippen LogP contribution in [0.15, 0.2) is 70.9 Å². The molecule has 0 amide bonds. The van der Waals surface area contributed by atoms with E-state index in [2.05, 4.69) is 10.2 Å². The van der Waals surface area contributed by atoms with Gasteiger partial charge in [-0.3, -0.25) is 4.79 Å². The van der Waals surface area contributed by atoms with Crippen molar-refractivity contribution < 1.29 is 14.6 Å². The lowest BCUT2D eigenvalue weighted by molar-refractivity contribution is -0.141. The number of methoxy groups -OCH3 is 1. The Labute approximate surface area is 152 Å². The fourth-order valence-corrected chi connectivity index (χ4v) is 2.87. The average Bonchev–Trinajstić information content (AvgIpc) is 2.68. The molecule has 1 aliphatic rings. The summed E-state index contributed by atoms with van der Waals surface area (Å²) in [6.07, 6.45) is 4.45. The minimum atomic E-state index is -0.816. The van der Waals surface area contributed by atoms with Crippen molar-refractivity contribution in [2.24, 2.45) is 16.1 Å². The molecule has 1 unspecified atom stereocenters. The van der Waals surface area contributed by atoms with Crippen LogP contribution < -0.4 is 4.74 Å². The Bertz CT molecular complexity index is 853. The summed E-state index contributed by atoms with van der Waals surface area (Å²) >= 11 is 0. The van der Waals surface area contributed by atoms with E-state index < -0.39 is 11.9 Å². The van der Waals surface area contributed by atoms with Crippen LogP contribution in [0.25, 0.3) is 5.57 Å². The monoisotopic (exact) mass is 348 g/mol. The first-order valence-electron chi connectivity index (χ1n) is 8.38. The zero-order valence-electron chi connectivity index (χ0n) is 14.5. The van der Waals surface area contributed by atoms with Gasteiger partial charge >= 0.3 is 5.97 Å². The van der Waals surface area contributed by atoms with Crippen LogP contribution >= 0.6 is 0 Å². The molecule has 0 saturated heterocycles. The van der Waals surface area contributed by atoms with Gasteiger partial charge in [0.2, 0.25) is 0 Å². The third-order valence-corrected chi connectivity index (χ3v) is 4.27. The number of carboxylic acid groups (broad SMARTS) is 1. The van der Waals surface area contributed by atoms with Gasteiger partial charge in [0.15, 0.2) is 0 Å². The Balaban J connectivity index is 1.86. The summed E-state index contributed by atoms with van der Waals surface area (Å²) in [4.78, 5) is 11.5. The van der Waals surface area contributed by atoms with Crippen molar-refractivity contribution in [1.29, 1.82) is 0 Å². The van der Waals surface area contributed by atoms with Gasteiger partial charge in [-0.2, -0.15) is 10.2 Å². The first kappa shape index (κ1) is 17.6. The van der Waals surface area contributed by atoms with E-state index in [9.17, 15) is 9.90 Å². The standard InChI is InChI=1S/C21H20N2O3/c1-26-20-9-7-16(8-10-20)17-11-18(21(24)25)13-19(12-17)23-22-14-15-5-3-2-4-6-15/h2-10,12,14,18H,11,13H2,1H3,(H,24,25)/b22-14+,23-19-. The van der Waals surface area contributed by atoms with E-state index in [0.717, 1.165) is 22.4 Å². The quantitative estimate of drug-likeness (QED) is 0.654. The average molecular weight is 348 g/mol. The summed E-state index contributed by atoms with van der Waals surface area (Å²) in [7, 11) is 1.62. The van der Waals surface area contributed by atoms with Crippen molar-refractivity contribution in [1.82, 2.24) is 0 Å². The lowest BCUT2D eigenvalue weighted by Crippen LogP contribution is -2.21. The summed E-state index contributed by atoms with van der Waals surface area (Å²) in [5.41, 5.74) is 3.53. The van der Waals surface area contributed by atoms with Crippen LogP contribution in [0.3, 0.4) is 0 Å². The molecule has 26 heavy (non-hydrogen) atoms. The highest BCUT2D eigenvalue weighted by Gasteiger charge is 2.26. The lowest BCUT2D eigenvalue weighted by Gasteiger charge is -2.20. The van der Waals surface area contributed by atoms with Crippen LogP contribution in [0.1, 0.15) is 24.0 Å². The smallest absolute Gasteiger partial charge is 0.307 e. The summed E-state index contributed by atoms with van der Waals surface area (Å²) in [5.74, 6) is -0.548.